The molecule has 0 aromatic rings. The minimum atomic E-state index is 0.0258. The molecule has 1 N–H and O–H groups in total. The second kappa shape index (κ2) is 7.50. The van der Waals surface area contributed by atoms with E-state index in [9.17, 15) is 0 Å². The lowest BCUT2D eigenvalue weighted by atomic mass is 11.4. The molecule has 12 heteroatoms. The molecule has 74 valence electrons. The van der Waals surface area contributed by atoms with Crippen LogP contribution < -0.4 is 5.43 Å². The summed E-state index contributed by atoms with van der Waals surface area (Å²) in [4.78, 5) is 4.91. The van der Waals surface area contributed by atoms with Gasteiger partial charge in [-0.3, -0.25) is 0 Å². The van der Waals surface area contributed by atoms with Crippen LogP contribution in [0.2, 0.25) is 0 Å². The van der Waals surface area contributed by atoms with Gasteiger partial charge in [-0.25, -0.2) is 5.43 Å². The summed E-state index contributed by atoms with van der Waals surface area (Å²) in [6.45, 7) is 0. The van der Waals surface area contributed by atoms with Crippen LogP contribution in [0.4, 0.5) is 0 Å². The molecule has 0 saturated carbocycles. The Morgan fingerprint density at radius 1 is 1.43 bits per heavy atom. The van der Waals surface area contributed by atoms with Gasteiger partial charge in [-0.1, -0.05) is 12.6 Å². The molecule has 0 fully saturated rings. The quantitative estimate of drug-likeness (QED) is 0.152. The maximum atomic E-state index is 8.14. The van der Waals surface area contributed by atoms with Gasteiger partial charge in [0.2, 0.25) is 4.32 Å². The standard InChI is InChI=1S/C2H2N8S4/c3-6-8-5-1(11)14-10(2(12)13)9-7-4/h(H,5,11)(H,12,13). The van der Waals surface area contributed by atoms with Crippen molar-refractivity contribution >= 4 is 57.7 Å². The number of thiocarbonyl (C=S) groups is 2. The Morgan fingerprint density at radius 3 is 2.50 bits per heavy atom. The van der Waals surface area contributed by atoms with Crippen LogP contribution in [0.25, 0.3) is 20.9 Å². The average molecular weight is 266 g/mol. The Bertz CT molecular complexity index is 322. The molecule has 0 aliphatic carbocycles. The second-order valence-electron chi connectivity index (χ2n) is 1.41. The number of rotatable bonds is 2. The van der Waals surface area contributed by atoms with Crippen molar-refractivity contribution in [1.82, 2.24) is 9.84 Å². The molecule has 8 nitrogen and oxygen atoms in total. The van der Waals surface area contributed by atoms with E-state index in [0.717, 1.165) is 16.4 Å². The Balaban J connectivity index is 4.29. The average Bonchev–Trinajstić information content (AvgIpc) is 2.14. The number of hydrogen-bond acceptors (Lipinski definition) is 5. The summed E-state index contributed by atoms with van der Waals surface area (Å²) >= 11 is 13.9. The van der Waals surface area contributed by atoms with Crippen LogP contribution in [-0.2, 0) is 0 Å². The lowest BCUT2D eigenvalue weighted by Crippen LogP contribution is -2.18. The van der Waals surface area contributed by atoms with Crippen molar-refractivity contribution < 1.29 is 0 Å². The van der Waals surface area contributed by atoms with Crippen molar-refractivity contribution in [2.75, 3.05) is 0 Å². The van der Waals surface area contributed by atoms with Crippen LogP contribution in [0.15, 0.2) is 10.4 Å². The van der Waals surface area contributed by atoms with Gasteiger partial charge in [0.05, 0.1) is 0 Å². The highest BCUT2D eigenvalue weighted by molar-refractivity contribution is 8.23. The molecule has 0 aromatic carbocycles. The van der Waals surface area contributed by atoms with E-state index in [-0.39, 0.29) is 8.64 Å². The van der Waals surface area contributed by atoms with Gasteiger partial charge in [0, 0.05) is 5.22 Å². The molecule has 0 heterocycles. The van der Waals surface area contributed by atoms with E-state index in [2.05, 4.69) is 50.5 Å². The van der Waals surface area contributed by atoms with Crippen LogP contribution in [0.3, 0.4) is 0 Å². The lowest BCUT2D eigenvalue weighted by molar-refractivity contribution is 0.755. The van der Waals surface area contributed by atoms with Crippen LogP contribution in [-0.4, -0.2) is 13.1 Å². The first-order valence-corrected chi connectivity index (χ1v) is 4.75. The topological polar surface area (TPSA) is 113 Å². The third kappa shape index (κ3) is 5.70. The minimum Gasteiger partial charge on any atom is -0.209 e. The molecule has 0 saturated heterocycles. The summed E-state index contributed by atoms with van der Waals surface area (Å²) in [6, 6.07) is 0. The molecule has 0 radical (unpaired) electrons. The van der Waals surface area contributed by atoms with Crippen LogP contribution in [0, 0.1) is 0 Å². The molecule has 0 spiro atoms. The van der Waals surface area contributed by atoms with Crippen LogP contribution >= 0.6 is 49.0 Å². The normalized spacial score (nSPS) is 7.79. The van der Waals surface area contributed by atoms with Gasteiger partial charge in [0.15, 0.2) is 11.9 Å². The van der Waals surface area contributed by atoms with E-state index in [1.165, 1.54) is 0 Å². The first-order valence-electron chi connectivity index (χ1n) is 2.72. The van der Waals surface area contributed by atoms with E-state index in [4.69, 9.17) is 23.3 Å². The van der Waals surface area contributed by atoms with Gasteiger partial charge in [-0.2, -0.15) is 9.82 Å². The lowest BCUT2D eigenvalue weighted by Gasteiger charge is -2.05. The molecule has 14 heavy (non-hydrogen) atoms. The van der Waals surface area contributed by atoms with Gasteiger partial charge in [0.25, 0.3) is 4.32 Å². The fourth-order valence-electron chi connectivity index (χ4n) is 0.294. The van der Waals surface area contributed by atoms with Gasteiger partial charge in [0.1, 0.15) is 0 Å². The highest BCUT2D eigenvalue weighted by Crippen LogP contribution is 2.14. The SMILES string of the molecule is [N-]=[N+]=NNC(=S)SN(N=[N+]=[N-])C(=S)S. The Hall–Kier alpha value is -0.900. The molecular formula is C2H2N8S4. The number of nitrogens with zero attached hydrogens (tertiary/aromatic N) is 7. The largest absolute Gasteiger partial charge is 0.272 e. The third-order valence-corrected chi connectivity index (χ3v) is 2.25. The zero-order valence-corrected chi connectivity index (χ0v) is 9.65. The first-order chi connectivity index (χ1) is 6.61. The molecular weight excluding hydrogens is 264 g/mol. The predicted octanol–water partition coefficient (Wildman–Crippen LogP) is 2.48. The smallest absolute Gasteiger partial charge is 0.209 e. The third-order valence-electron chi connectivity index (χ3n) is 0.640. The summed E-state index contributed by atoms with van der Waals surface area (Å²) in [6.07, 6.45) is 0. The first kappa shape index (κ1) is 13.1. The Labute approximate surface area is 98.8 Å². The number of hydrogen-bond donors (Lipinski definition) is 2. The molecule has 0 amide bonds. The Morgan fingerprint density at radius 2 is 2.07 bits per heavy atom. The summed E-state index contributed by atoms with van der Waals surface area (Å²) < 4.78 is 1.05. The fourth-order valence-corrected chi connectivity index (χ4v) is 1.24. The molecule has 0 unspecified atom stereocenters. The predicted molar refractivity (Wildman–Crippen MR) is 65.0 cm³/mol. The summed E-state index contributed by atoms with van der Waals surface area (Å²) in [5.74, 6) is 0. The van der Waals surface area contributed by atoms with Crippen molar-refractivity contribution in [2.24, 2.45) is 10.4 Å². The maximum Gasteiger partial charge on any atom is 0.272 e. The second-order valence-corrected chi connectivity index (χ2v) is 4.13. The molecule has 0 aliphatic rings. The van der Waals surface area contributed by atoms with Crippen LogP contribution in [0.1, 0.15) is 0 Å². The van der Waals surface area contributed by atoms with Gasteiger partial charge in [-0.15, -0.1) is 15.5 Å². The summed E-state index contributed by atoms with van der Waals surface area (Å²) in [5, 5.41) is 6.15. The number of thiol groups is 1. The fraction of sp³-hybridized carbons (Fsp3) is 0. The molecule has 0 rings (SSSR count). The van der Waals surface area contributed by atoms with Crippen molar-refractivity contribution in [1.29, 1.82) is 0 Å². The van der Waals surface area contributed by atoms with Crippen molar-refractivity contribution in [3.8, 4) is 0 Å². The van der Waals surface area contributed by atoms with Gasteiger partial charge < -0.3 is 0 Å². The zero-order chi connectivity index (χ0) is 11.0. The van der Waals surface area contributed by atoms with E-state index in [0.29, 0.717) is 0 Å². The monoisotopic (exact) mass is 266 g/mol. The molecule has 0 aliphatic heterocycles. The molecule has 0 aromatic heterocycles. The van der Waals surface area contributed by atoms with E-state index >= 15 is 0 Å². The zero-order valence-electron chi connectivity index (χ0n) is 6.30. The number of azide groups is 2. The molecule has 0 bridgehead atoms. The highest BCUT2D eigenvalue weighted by atomic mass is 32.2. The maximum absolute atomic E-state index is 8.14. The van der Waals surface area contributed by atoms with E-state index < -0.39 is 0 Å². The van der Waals surface area contributed by atoms with Crippen LogP contribution in [0.5, 0.6) is 0 Å². The number of nitrogens with one attached hydrogen (secondary N) is 1. The van der Waals surface area contributed by atoms with E-state index in [1.807, 2.05) is 0 Å². The summed E-state index contributed by atoms with van der Waals surface area (Å²) in [5.41, 5.74) is 18.3. The van der Waals surface area contributed by atoms with Crippen molar-refractivity contribution in [3.05, 3.63) is 20.9 Å². The minimum absolute atomic E-state index is 0.0258. The van der Waals surface area contributed by atoms with Crippen molar-refractivity contribution in [2.45, 2.75) is 0 Å². The van der Waals surface area contributed by atoms with Crippen molar-refractivity contribution in [3.63, 3.8) is 0 Å². The Kier molecular flexibility index (Phi) is 7.02. The highest BCUT2D eigenvalue weighted by Gasteiger charge is 2.15. The van der Waals surface area contributed by atoms with Gasteiger partial charge >= 0.3 is 0 Å². The summed E-state index contributed by atoms with van der Waals surface area (Å²) in [7, 11) is 0. The molecule has 0 atom stereocenters. The van der Waals surface area contributed by atoms with Gasteiger partial charge in [-0.05, 0) is 29.7 Å². The van der Waals surface area contributed by atoms with E-state index in [1.54, 1.807) is 0 Å².